The summed E-state index contributed by atoms with van der Waals surface area (Å²) in [6.07, 6.45) is 4.55. The Morgan fingerprint density at radius 1 is 1.12 bits per heavy atom. The van der Waals surface area contributed by atoms with Gasteiger partial charge in [0.15, 0.2) is 6.61 Å². The van der Waals surface area contributed by atoms with Crippen molar-refractivity contribution in [2.24, 2.45) is 0 Å². The maximum absolute atomic E-state index is 11.9. The van der Waals surface area contributed by atoms with E-state index in [1.54, 1.807) is 6.07 Å². The molecule has 6 heteroatoms. The van der Waals surface area contributed by atoms with E-state index in [0.29, 0.717) is 11.4 Å². The van der Waals surface area contributed by atoms with E-state index in [0.717, 1.165) is 12.8 Å². The topological polar surface area (TPSA) is 81.5 Å². The highest BCUT2D eigenvalue weighted by atomic mass is 16.6. The summed E-state index contributed by atoms with van der Waals surface area (Å²) in [6, 6.07) is 11.8. The van der Waals surface area contributed by atoms with Crippen molar-refractivity contribution in [3.8, 4) is 5.75 Å². The van der Waals surface area contributed by atoms with Gasteiger partial charge in [-0.05, 0) is 55.0 Å². The molecule has 0 saturated carbocycles. The average Bonchev–Trinajstić information content (AvgIpc) is 2.60. The molecular formula is C18H18N2O4. The molecule has 0 saturated heterocycles. The second-order valence-electron chi connectivity index (χ2n) is 5.78. The number of nitrogens with one attached hydrogen (secondary N) is 1. The molecule has 0 spiro atoms. The van der Waals surface area contributed by atoms with Crippen LogP contribution in [0.15, 0.2) is 42.5 Å². The van der Waals surface area contributed by atoms with Crippen LogP contribution >= 0.6 is 0 Å². The Labute approximate surface area is 139 Å². The zero-order chi connectivity index (χ0) is 16.9. The number of ether oxygens (including phenoxy) is 1. The lowest BCUT2D eigenvalue weighted by atomic mass is 9.92. The summed E-state index contributed by atoms with van der Waals surface area (Å²) in [5.41, 5.74) is 2.96. The molecule has 0 aliphatic heterocycles. The van der Waals surface area contributed by atoms with Gasteiger partial charge in [0.2, 0.25) is 0 Å². The molecule has 1 aliphatic rings. The standard InChI is InChI=1S/C18H18N2O4/c21-18(19-15-6-3-7-16(11-15)20(22)23)12-24-17-9-8-13-4-1-2-5-14(13)10-17/h3,6-11H,1-2,4-5,12H2,(H,19,21). The van der Waals surface area contributed by atoms with E-state index >= 15 is 0 Å². The first-order valence-corrected chi connectivity index (χ1v) is 7.91. The van der Waals surface area contributed by atoms with Gasteiger partial charge < -0.3 is 10.1 Å². The Bertz CT molecular complexity index is 773. The highest BCUT2D eigenvalue weighted by molar-refractivity contribution is 5.92. The van der Waals surface area contributed by atoms with Gasteiger partial charge in [0, 0.05) is 17.8 Å². The lowest BCUT2D eigenvalue weighted by molar-refractivity contribution is -0.384. The first kappa shape index (κ1) is 16.0. The number of nitrogens with zero attached hydrogens (tertiary/aromatic N) is 1. The van der Waals surface area contributed by atoms with Gasteiger partial charge in [0.1, 0.15) is 5.75 Å². The number of non-ortho nitro benzene ring substituents is 1. The monoisotopic (exact) mass is 326 g/mol. The van der Waals surface area contributed by atoms with Crippen LogP contribution in [0.25, 0.3) is 0 Å². The number of fused-ring (bicyclic) bond motifs is 1. The molecule has 0 heterocycles. The first-order valence-electron chi connectivity index (χ1n) is 7.91. The summed E-state index contributed by atoms with van der Waals surface area (Å²) in [4.78, 5) is 22.2. The minimum absolute atomic E-state index is 0.0663. The largest absolute Gasteiger partial charge is 0.484 e. The van der Waals surface area contributed by atoms with Crippen LogP contribution in [0.3, 0.4) is 0 Å². The Hall–Kier alpha value is -2.89. The third-order valence-corrected chi connectivity index (χ3v) is 4.03. The third kappa shape index (κ3) is 3.90. The second-order valence-corrected chi connectivity index (χ2v) is 5.78. The number of hydrogen-bond donors (Lipinski definition) is 1. The summed E-state index contributed by atoms with van der Waals surface area (Å²) in [7, 11) is 0. The van der Waals surface area contributed by atoms with Crippen LogP contribution in [-0.2, 0) is 17.6 Å². The van der Waals surface area contributed by atoms with E-state index in [9.17, 15) is 14.9 Å². The van der Waals surface area contributed by atoms with E-state index in [1.165, 1.54) is 42.2 Å². The normalized spacial score (nSPS) is 13.0. The predicted octanol–water partition coefficient (Wildman–Crippen LogP) is 3.49. The SMILES string of the molecule is O=C(COc1ccc2c(c1)CCCC2)Nc1cccc([N+](=O)[O-])c1. The molecule has 0 atom stereocenters. The molecule has 2 aromatic rings. The van der Waals surface area contributed by atoms with Gasteiger partial charge in [-0.15, -0.1) is 0 Å². The van der Waals surface area contributed by atoms with Crippen LogP contribution in [0.1, 0.15) is 24.0 Å². The van der Waals surface area contributed by atoms with Gasteiger partial charge in [-0.25, -0.2) is 0 Å². The smallest absolute Gasteiger partial charge is 0.271 e. The van der Waals surface area contributed by atoms with E-state index in [-0.39, 0.29) is 18.2 Å². The average molecular weight is 326 g/mol. The molecule has 24 heavy (non-hydrogen) atoms. The van der Waals surface area contributed by atoms with E-state index in [2.05, 4.69) is 11.4 Å². The van der Waals surface area contributed by atoms with Crippen molar-refractivity contribution in [2.45, 2.75) is 25.7 Å². The number of aryl methyl sites for hydroxylation is 2. The van der Waals surface area contributed by atoms with Crippen LogP contribution in [0, 0.1) is 10.1 Å². The molecule has 1 aliphatic carbocycles. The maximum atomic E-state index is 11.9. The highest BCUT2D eigenvalue weighted by Crippen LogP contribution is 2.25. The van der Waals surface area contributed by atoms with Gasteiger partial charge in [0.25, 0.3) is 11.6 Å². The first-order chi connectivity index (χ1) is 11.6. The fourth-order valence-corrected chi connectivity index (χ4v) is 2.84. The highest BCUT2D eigenvalue weighted by Gasteiger charge is 2.11. The summed E-state index contributed by atoms with van der Waals surface area (Å²) in [6.45, 7) is -0.137. The number of rotatable bonds is 5. The summed E-state index contributed by atoms with van der Waals surface area (Å²) in [5, 5.41) is 13.3. The number of carbonyl (C=O) groups is 1. The molecule has 1 N–H and O–H groups in total. The van der Waals surface area contributed by atoms with Crippen molar-refractivity contribution >= 4 is 17.3 Å². The molecule has 3 rings (SSSR count). The number of hydrogen-bond acceptors (Lipinski definition) is 4. The molecular weight excluding hydrogens is 308 g/mol. The van der Waals surface area contributed by atoms with E-state index < -0.39 is 4.92 Å². The fraction of sp³-hybridized carbons (Fsp3) is 0.278. The molecule has 124 valence electrons. The van der Waals surface area contributed by atoms with Gasteiger partial charge in [0.05, 0.1) is 4.92 Å². The number of nitro groups is 1. The second kappa shape index (κ2) is 7.12. The minimum atomic E-state index is -0.501. The lowest BCUT2D eigenvalue weighted by Crippen LogP contribution is -2.20. The van der Waals surface area contributed by atoms with Gasteiger partial charge in [-0.2, -0.15) is 0 Å². The Morgan fingerprint density at radius 2 is 1.92 bits per heavy atom. The zero-order valence-corrected chi connectivity index (χ0v) is 13.2. The van der Waals surface area contributed by atoms with Crippen molar-refractivity contribution in [2.75, 3.05) is 11.9 Å². The lowest BCUT2D eigenvalue weighted by Gasteiger charge is -2.16. The molecule has 0 fully saturated rings. The quantitative estimate of drug-likeness (QED) is 0.673. The molecule has 1 amide bonds. The van der Waals surface area contributed by atoms with Gasteiger partial charge >= 0.3 is 0 Å². The predicted molar refractivity (Wildman–Crippen MR) is 90.3 cm³/mol. The van der Waals surface area contributed by atoms with Crippen LogP contribution in [0.2, 0.25) is 0 Å². The van der Waals surface area contributed by atoms with Crippen molar-refractivity contribution in [1.29, 1.82) is 0 Å². The van der Waals surface area contributed by atoms with Crippen molar-refractivity contribution < 1.29 is 14.5 Å². The van der Waals surface area contributed by atoms with Gasteiger partial charge in [-0.1, -0.05) is 12.1 Å². The van der Waals surface area contributed by atoms with Crippen LogP contribution in [0.4, 0.5) is 11.4 Å². The van der Waals surface area contributed by atoms with E-state index in [1.807, 2.05) is 12.1 Å². The van der Waals surface area contributed by atoms with Crippen molar-refractivity contribution in [1.82, 2.24) is 0 Å². The van der Waals surface area contributed by atoms with Crippen LogP contribution in [-0.4, -0.2) is 17.4 Å². The third-order valence-electron chi connectivity index (χ3n) is 4.03. The molecule has 0 radical (unpaired) electrons. The molecule has 2 aromatic carbocycles. The molecule has 0 aromatic heterocycles. The Kier molecular flexibility index (Phi) is 4.74. The Morgan fingerprint density at radius 3 is 2.71 bits per heavy atom. The maximum Gasteiger partial charge on any atom is 0.271 e. The minimum Gasteiger partial charge on any atom is -0.484 e. The van der Waals surface area contributed by atoms with Crippen LogP contribution in [0.5, 0.6) is 5.75 Å². The summed E-state index contributed by atoms with van der Waals surface area (Å²) in [5.74, 6) is 0.318. The Balaban J connectivity index is 1.57. The fourth-order valence-electron chi connectivity index (χ4n) is 2.84. The van der Waals surface area contributed by atoms with E-state index in [4.69, 9.17) is 4.74 Å². The summed E-state index contributed by atoms with van der Waals surface area (Å²) < 4.78 is 5.54. The van der Waals surface area contributed by atoms with Gasteiger partial charge in [-0.3, -0.25) is 14.9 Å². The molecule has 6 nitrogen and oxygen atoms in total. The zero-order valence-electron chi connectivity index (χ0n) is 13.2. The molecule has 0 bridgehead atoms. The van der Waals surface area contributed by atoms with Crippen molar-refractivity contribution in [3.05, 3.63) is 63.7 Å². The van der Waals surface area contributed by atoms with Crippen LogP contribution < -0.4 is 10.1 Å². The number of anilines is 1. The number of carbonyl (C=O) groups excluding carboxylic acids is 1. The number of benzene rings is 2. The summed E-state index contributed by atoms with van der Waals surface area (Å²) >= 11 is 0. The molecule has 0 unspecified atom stereocenters. The van der Waals surface area contributed by atoms with Crippen molar-refractivity contribution in [3.63, 3.8) is 0 Å². The number of amides is 1. The number of nitro benzene ring substituents is 1.